The smallest absolute Gasteiger partial charge is 0.269 e. The first-order valence-electron chi connectivity index (χ1n) is 5.41. The molecule has 1 aliphatic rings. The van der Waals surface area contributed by atoms with Gasteiger partial charge in [-0.1, -0.05) is 6.92 Å². The molecule has 0 spiro atoms. The molecule has 2 unspecified atom stereocenters. The Kier molecular flexibility index (Phi) is 3.05. The Morgan fingerprint density at radius 3 is 3.06 bits per heavy atom. The third kappa shape index (κ3) is 2.49. The number of pyridine rings is 1. The summed E-state index contributed by atoms with van der Waals surface area (Å²) in [7, 11) is 0. The number of aromatic nitrogens is 1. The van der Waals surface area contributed by atoms with Crippen molar-refractivity contribution in [3.8, 4) is 0 Å². The number of amides is 1. The maximum atomic E-state index is 11.7. The highest BCUT2D eigenvalue weighted by Crippen LogP contribution is 2.36. The van der Waals surface area contributed by atoms with E-state index in [1.165, 1.54) is 6.42 Å². The molecule has 1 heterocycles. The van der Waals surface area contributed by atoms with Gasteiger partial charge in [0.25, 0.3) is 5.91 Å². The summed E-state index contributed by atoms with van der Waals surface area (Å²) in [4.78, 5) is 15.7. The monoisotopic (exact) mass is 220 g/mol. The van der Waals surface area contributed by atoms with Crippen LogP contribution in [-0.4, -0.2) is 17.4 Å². The fourth-order valence-electron chi connectivity index (χ4n) is 1.64. The van der Waals surface area contributed by atoms with E-state index in [2.05, 4.69) is 22.7 Å². The highest BCUT2D eigenvalue weighted by Gasteiger charge is 2.32. The number of carbonyl (C=O) groups excluding carboxylic acids is 1. The summed E-state index contributed by atoms with van der Waals surface area (Å²) in [6.07, 6.45) is 2.77. The van der Waals surface area contributed by atoms with Crippen LogP contribution in [0.4, 0.5) is 5.69 Å². The van der Waals surface area contributed by atoms with Crippen LogP contribution in [0.5, 0.6) is 0 Å². The summed E-state index contributed by atoms with van der Waals surface area (Å²) in [6, 6.07) is 3.34. The number of hydrazine groups is 1. The minimum atomic E-state index is -0.142. The fourth-order valence-corrected chi connectivity index (χ4v) is 1.64. The molecule has 1 amide bonds. The van der Waals surface area contributed by atoms with Crippen LogP contribution in [0.3, 0.4) is 0 Å². The zero-order chi connectivity index (χ0) is 11.5. The number of nitrogen functional groups attached to an aromatic ring is 1. The second-order valence-corrected chi connectivity index (χ2v) is 4.26. The van der Waals surface area contributed by atoms with Crippen molar-refractivity contribution in [1.29, 1.82) is 0 Å². The van der Waals surface area contributed by atoms with E-state index in [0.29, 0.717) is 17.3 Å². The Balaban J connectivity index is 1.92. The van der Waals surface area contributed by atoms with Crippen LogP contribution in [-0.2, 0) is 0 Å². The third-order valence-corrected chi connectivity index (χ3v) is 2.96. The van der Waals surface area contributed by atoms with Crippen LogP contribution in [0.15, 0.2) is 18.3 Å². The Morgan fingerprint density at radius 1 is 1.69 bits per heavy atom. The number of rotatable bonds is 4. The second kappa shape index (κ2) is 4.49. The van der Waals surface area contributed by atoms with Gasteiger partial charge >= 0.3 is 0 Å². The number of anilines is 1. The van der Waals surface area contributed by atoms with E-state index >= 15 is 0 Å². The topological polar surface area (TPSA) is 80.0 Å². The summed E-state index contributed by atoms with van der Waals surface area (Å²) in [5.74, 6) is 6.50. The fraction of sp³-hybridized carbons (Fsp3) is 0.455. The van der Waals surface area contributed by atoms with Crippen molar-refractivity contribution in [1.82, 2.24) is 10.3 Å². The molecule has 2 rings (SSSR count). The van der Waals surface area contributed by atoms with Gasteiger partial charge in [0.1, 0.15) is 5.69 Å². The maximum Gasteiger partial charge on any atom is 0.269 e. The quantitative estimate of drug-likeness (QED) is 0.517. The van der Waals surface area contributed by atoms with Crippen LogP contribution < -0.4 is 16.6 Å². The van der Waals surface area contributed by atoms with Crippen LogP contribution in [0.1, 0.15) is 23.8 Å². The van der Waals surface area contributed by atoms with E-state index in [9.17, 15) is 4.79 Å². The largest absolute Gasteiger partial charge is 0.350 e. The minimum Gasteiger partial charge on any atom is -0.350 e. The Hall–Kier alpha value is -1.62. The highest BCUT2D eigenvalue weighted by molar-refractivity contribution is 5.93. The Bertz CT molecular complexity index is 393. The van der Waals surface area contributed by atoms with Gasteiger partial charge in [-0.05, 0) is 30.4 Å². The van der Waals surface area contributed by atoms with Gasteiger partial charge in [0, 0.05) is 12.7 Å². The second-order valence-electron chi connectivity index (χ2n) is 4.26. The Labute approximate surface area is 94.4 Å². The zero-order valence-corrected chi connectivity index (χ0v) is 9.23. The molecule has 1 aliphatic carbocycles. The lowest BCUT2D eigenvalue weighted by atomic mass is 10.3. The summed E-state index contributed by atoms with van der Waals surface area (Å²) in [5.41, 5.74) is 3.56. The third-order valence-electron chi connectivity index (χ3n) is 2.96. The number of carbonyl (C=O) groups is 1. The molecule has 1 aromatic heterocycles. The van der Waals surface area contributed by atoms with Crippen molar-refractivity contribution in [3.63, 3.8) is 0 Å². The number of nitrogens with zero attached hydrogens (tertiary/aromatic N) is 1. The van der Waals surface area contributed by atoms with Crippen molar-refractivity contribution in [2.24, 2.45) is 17.7 Å². The van der Waals surface area contributed by atoms with Gasteiger partial charge in [0.05, 0.1) is 5.69 Å². The van der Waals surface area contributed by atoms with Crippen LogP contribution >= 0.6 is 0 Å². The van der Waals surface area contributed by atoms with E-state index < -0.39 is 0 Å². The molecule has 5 nitrogen and oxygen atoms in total. The van der Waals surface area contributed by atoms with Crippen molar-refractivity contribution in [2.45, 2.75) is 13.3 Å². The molecule has 0 saturated heterocycles. The molecular formula is C11H16N4O. The first kappa shape index (κ1) is 10.9. The summed E-state index contributed by atoms with van der Waals surface area (Å²) < 4.78 is 0. The van der Waals surface area contributed by atoms with Crippen LogP contribution in [0.2, 0.25) is 0 Å². The van der Waals surface area contributed by atoms with E-state index in [4.69, 9.17) is 5.84 Å². The normalized spacial score (nSPS) is 22.6. The molecule has 86 valence electrons. The van der Waals surface area contributed by atoms with Crippen LogP contribution in [0.25, 0.3) is 0 Å². The molecule has 4 N–H and O–H groups in total. The van der Waals surface area contributed by atoms with E-state index in [1.807, 2.05) is 0 Å². The molecule has 0 bridgehead atoms. The number of hydrogen-bond acceptors (Lipinski definition) is 4. The molecule has 0 aromatic carbocycles. The van der Waals surface area contributed by atoms with Gasteiger partial charge in [-0.3, -0.25) is 15.6 Å². The number of nitrogens with two attached hydrogens (primary N) is 1. The average Bonchev–Trinajstić information content (AvgIpc) is 3.02. The predicted molar refractivity (Wildman–Crippen MR) is 61.7 cm³/mol. The molecule has 1 aromatic rings. The van der Waals surface area contributed by atoms with Gasteiger partial charge in [-0.15, -0.1) is 0 Å². The summed E-state index contributed by atoms with van der Waals surface area (Å²) in [5, 5.41) is 2.87. The van der Waals surface area contributed by atoms with Gasteiger partial charge in [-0.25, -0.2) is 0 Å². The SMILES string of the molecule is CC1CC1CNC(=O)c1cc(NN)ccn1. The van der Waals surface area contributed by atoms with E-state index in [0.717, 1.165) is 12.5 Å². The van der Waals surface area contributed by atoms with Crippen molar-refractivity contribution in [3.05, 3.63) is 24.0 Å². The molecule has 0 radical (unpaired) electrons. The van der Waals surface area contributed by atoms with Crippen LogP contribution in [0, 0.1) is 11.8 Å². The number of nitrogens with one attached hydrogen (secondary N) is 2. The molecule has 2 atom stereocenters. The highest BCUT2D eigenvalue weighted by atomic mass is 16.1. The van der Waals surface area contributed by atoms with Gasteiger partial charge in [0.15, 0.2) is 0 Å². The molecule has 0 aliphatic heterocycles. The van der Waals surface area contributed by atoms with Crippen molar-refractivity contribution < 1.29 is 4.79 Å². The molecule has 5 heteroatoms. The maximum absolute atomic E-state index is 11.7. The lowest BCUT2D eigenvalue weighted by Crippen LogP contribution is -2.26. The standard InChI is InChI=1S/C11H16N4O/c1-7-4-8(7)6-14-11(16)10-5-9(15-12)2-3-13-10/h2-3,5,7-8H,4,6,12H2,1H3,(H,13,15)(H,14,16). The molecule has 1 fully saturated rings. The summed E-state index contributed by atoms with van der Waals surface area (Å²) >= 11 is 0. The predicted octanol–water partition coefficient (Wildman–Crippen LogP) is 0.753. The van der Waals surface area contributed by atoms with Gasteiger partial charge in [-0.2, -0.15) is 0 Å². The lowest BCUT2D eigenvalue weighted by Gasteiger charge is -2.05. The zero-order valence-electron chi connectivity index (χ0n) is 9.23. The first-order valence-corrected chi connectivity index (χ1v) is 5.41. The van der Waals surface area contributed by atoms with Gasteiger partial charge in [0.2, 0.25) is 0 Å². The first-order chi connectivity index (χ1) is 7.70. The Morgan fingerprint density at radius 2 is 2.44 bits per heavy atom. The van der Waals surface area contributed by atoms with E-state index in [1.54, 1.807) is 18.3 Å². The van der Waals surface area contributed by atoms with E-state index in [-0.39, 0.29) is 5.91 Å². The molecular weight excluding hydrogens is 204 g/mol. The summed E-state index contributed by atoms with van der Waals surface area (Å²) in [6.45, 7) is 2.93. The van der Waals surface area contributed by atoms with Gasteiger partial charge < -0.3 is 10.7 Å². The molecule has 1 saturated carbocycles. The number of hydrogen-bond donors (Lipinski definition) is 3. The molecule has 16 heavy (non-hydrogen) atoms. The van der Waals surface area contributed by atoms with Crippen molar-refractivity contribution in [2.75, 3.05) is 12.0 Å². The minimum absolute atomic E-state index is 0.142. The lowest BCUT2D eigenvalue weighted by molar-refractivity contribution is 0.0946. The van der Waals surface area contributed by atoms with Crippen molar-refractivity contribution >= 4 is 11.6 Å². The average molecular weight is 220 g/mol.